The van der Waals surface area contributed by atoms with Crippen molar-refractivity contribution in [1.82, 2.24) is 0 Å². The number of nitro groups is 2. The van der Waals surface area contributed by atoms with E-state index < -0.39 is 32.8 Å². The first kappa shape index (κ1) is 16.4. The smallest absolute Gasteiger partial charge is 0.337 e. The van der Waals surface area contributed by atoms with E-state index in [1.54, 1.807) is 24.3 Å². The lowest BCUT2D eigenvalue weighted by Gasteiger charge is -2.07. The number of nitrogens with zero attached hydrogens (tertiary/aromatic N) is 2. The average molecular weight is 334 g/mol. The number of aryl methyl sites for hydroxylation is 1. The summed E-state index contributed by atoms with van der Waals surface area (Å²) in [5, 5.41) is 31.3. The molecule has 0 aliphatic rings. The highest BCUT2D eigenvalue weighted by atomic mass is 32.2. The zero-order valence-electron chi connectivity index (χ0n) is 11.8. The Morgan fingerprint density at radius 1 is 1.09 bits per heavy atom. The summed E-state index contributed by atoms with van der Waals surface area (Å²) in [7, 11) is 0. The molecule has 0 radical (unpaired) electrons. The molecular weight excluding hydrogens is 324 g/mol. The van der Waals surface area contributed by atoms with Gasteiger partial charge in [0.05, 0.1) is 21.5 Å². The Morgan fingerprint density at radius 3 is 2.17 bits per heavy atom. The lowest BCUT2D eigenvalue weighted by atomic mass is 10.1. The van der Waals surface area contributed by atoms with Crippen LogP contribution in [0.1, 0.15) is 15.9 Å². The highest BCUT2D eigenvalue weighted by Gasteiger charge is 2.28. The average Bonchev–Trinajstić information content (AvgIpc) is 2.48. The molecule has 0 unspecified atom stereocenters. The fraction of sp³-hybridized carbons (Fsp3) is 0.0714. The van der Waals surface area contributed by atoms with E-state index in [-0.39, 0.29) is 4.90 Å². The van der Waals surface area contributed by atoms with E-state index in [0.29, 0.717) is 4.90 Å². The van der Waals surface area contributed by atoms with Gasteiger partial charge in [-0.1, -0.05) is 29.5 Å². The number of nitro benzene ring substituents is 2. The molecule has 0 aliphatic heterocycles. The van der Waals surface area contributed by atoms with Crippen LogP contribution in [0, 0.1) is 27.2 Å². The van der Waals surface area contributed by atoms with Crippen LogP contribution in [0.4, 0.5) is 11.4 Å². The van der Waals surface area contributed by atoms with Crippen molar-refractivity contribution < 1.29 is 19.7 Å². The number of hydrogen-bond donors (Lipinski definition) is 1. The van der Waals surface area contributed by atoms with E-state index in [1.807, 2.05) is 6.92 Å². The van der Waals surface area contributed by atoms with Crippen LogP contribution in [0.3, 0.4) is 0 Å². The number of hydrogen-bond acceptors (Lipinski definition) is 6. The lowest BCUT2D eigenvalue weighted by molar-refractivity contribution is -0.396. The van der Waals surface area contributed by atoms with Gasteiger partial charge in [0.15, 0.2) is 0 Å². The number of rotatable bonds is 5. The summed E-state index contributed by atoms with van der Waals surface area (Å²) < 4.78 is 0. The van der Waals surface area contributed by atoms with Gasteiger partial charge in [-0.15, -0.1) is 0 Å². The molecule has 0 fully saturated rings. The summed E-state index contributed by atoms with van der Waals surface area (Å²) >= 11 is 0.882. The number of carbonyl (C=O) groups is 1. The summed E-state index contributed by atoms with van der Waals surface area (Å²) in [5.74, 6) is -1.47. The van der Waals surface area contributed by atoms with Crippen molar-refractivity contribution in [2.75, 3.05) is 0 Å². The van der Waals surface area contributed by atoms with Crippen molar-refractivity contribution in [2.45, 2.75) is 16.7 Å². The molecule has 0 aliphatic carbocycles. The van der Waals surface area contributed by atoms with Crippen LogP contribution >= 0.6 is 11.8 Å². The van der Waals surface area contributed by atoms with Crippen LogP contribution in [0.15, 0.2) is 46.2 Å². The topological polar surface area (TPSA) is 124 Å². The largest absolute Gasteiger partial charge is 0.478 e. The Bertz CT molecular complexity index is 768. The van der Waals surface area contributed by atoms with Crippen LogP contribution in [0.5, 0.6) is 0 Å². The summed E-state index contributed by atoms with van der Waals surface area (Å²) in [6.45, 7) is 1.87. The maximum atomic E-state index is 11.4. The molecule has 0 saturated heterocycles. The van der Waals surface area contributed by atoms with E-state index >= 15 is 0 Å². The third-order valence-electron chi connectivity index (χ3n) is 2.93. The summed E-state index contributed by atoms with van der Waals surface area (Å²) in [6.07, 6.45) is 0. The summed E-state index contributed by atoms with van der Waals surface area (Å²) in [4.78, 5) is 32.2. The molecule has 0 bridgehead atoms. The zero-order valence-corrected chi connectivity index (χ0v) is 12.6. The maximum absolute atomic E-state index is 11.4. The molecule has 2 aromatic rings. The molecule has 0 amide bonds. The standard InChI is InChI=1S/C14H10N2O6S/c1-8-2-4-10(5-3-8)23-13-11(14(17)18)6-9(15(19)20)7-12(13)16(21)22/h2-7H,1H3,(H,17,18). The van der Waals surface area contributed by atoms with E-state index in [1.165, 1.54) is 0 Å². The van der Waals surface area contributed by atoms with Gasteiger partial charge >= 0.3 is 5.97 Å². The first-order chi connectivity index (χ1) is 10.8. The SMILES string of the molecule is Cc1ccc(Sc2c(C(=O)O)cc([N+](=O)[O-])cc2[N+](=O)[O-])cc1. The van der Waals surface area contributed by atoms with E-state index in [4.69, 9.17) is 0 Å². The Kier molecular flexibility index (Phi) is 4.60. The molecular formula is C14H10N2O6S. The minimum atomic E-state index is -1.47. The van der Waals surface area contributed by atoms with Crippen LogP contribution in [0.25, 0.3) is 0 Å². The quantitative estimate of drug-likeness (QED) is 0.653. The summed E-state index contributed by atoms with van der Waals surface area (Å²) in [6, 6.07) is 8.53. The normalized spacial score (nSPS) is 10.3. The van der Waals surface area contributed by atoms with Crippen molar-refractivity contribution in [3.63, 3.8) is 0 Å². The first-order valence-electron chi connectivity index (χ1n) is 6.24. The molecule has 2 aromatic carbocycles. The fourth-order valence-corrected chi connectivity index (χ4v) is 2.83. The van der Waals surface area contributed by atoms with E-state index in [9.17, 15) is 30.1 Å². The molecule has 0 saturated carbocycles. The van der Waals surface area contributed by atoms with Crippen molar-refractivity contribution in [1.29, 1.82) is 0 Å². The highest BCUT2D eigenvalue weighted by Crippen LogP contribution is 2.40. The second kappa shape index (κ2) is 6.44. The monoisotopic (exact) mass is 334 g/mol. The third kappa shape index (κ3) is 3.64. The number of carboxylic acid groups (broad SMARTS) is 1. The molecule has 0 atom stereocenters. The number of aromatic carboxylic acids is 1. The van der Waals surface area contributed by atoms with Gasteiger partial charge in [-0.25, -0.2) is 4.79 Å². The fourth-order valence-electron chi connectivity index (χ4n) is 1.83. The zero-order chi connectivity index (χ0) is 17.1. The predicted molar refractivity (Wildman–Crippen MR) is 82.0 cm³/mol. The molecule has 1 N–H and O–H groups in total. The Morgan fingerprint density at radius 2 is 1.70 bits per heavy atom. The van der Waals surface area contributed by atoms with Crippen molar-refractivity contribution in [2.24, 2.45) is 0 Å². The van der Waals surface area contributed by atoms with Crippen LogP contribution in [-0.4, -0.2) is 20.9 Å². The molecule has 0 spiro atoms. The molecule has 9 heteroatoms. The molecule has 8 nitrogen and oxygen atoms in total. The van der Waals surface area contributed by atoms with Gasteiger partial charge in [0, 0.05) is 11.0 Å². The Hall–Kier alpha value is -2.94. The van der Waals surface area contributed by atoms with Gasteiger partial charge in [-0.2, -0.15) is 0 Å². The van der Waals surface area contributed by atoms with Gasteiger partial charge in [-0.05, 0) is 19.1 Å². The second-order valence-corrected chi connectivity index (χ2v) is 5.66. The third-order valence-corrected chi connectivity index (χ3v) is 4.07. The molecule has 118 valence electrons. The van der Waals surface area contributed by atoms with Crippen molar-refractivity contribution in [3.05, 3.63) is 67.8 Å². The molecule has 23 heavy (non-hydrogen) atoms. The first-order valence-corrected chi connectivity index (χ1v) is 7.06. The van der Waals surface area contributed by atoms with Gasteiger partial charge < -0.3 is 5.11 Å². The van der Waals surface area contributed by atoms with Crippen molar-refractivity contribution >= 4 is 29.1 Å². The number of non-ortho nitro benzene ring substituents is 1. The Balaban J connectivity index is 2.63. The van der Waals surface area contributed by atoms with Gasteiger partial charge in [0.1, 0.15) is 4.90 Å². The number of benzene rings is 2. The van der Waals surface area contributed by atoms with Crippen LogP contribution in [-0.2, 0) is 0 Å². The minimum Gasteiger partial charge on any atom is -0.478 e. The van der Waals surface area contributed by atoms with Crippen LogP contribution in [0.2, 0.25) is 0 Å². The second-order valence-electron chi connectivity index (χ2n) is 4.58. The maximum Gasteiger partial charge on any atom is 0.337 e. The molecule has 0 heterocycles. The van der Waals surface area contributed by atoms with Gasteiger partial charge in [-0.3, -0.25) is 20.2 Å². The van der Waals surface area contributed by atoms with Crippen LogP contribution < -0.4 is 0 Å². The van der Waals surface area contributed by atoms with E-state index in [2.05, 4.69) is 0 Å². The highest BCUT2D eigenvalue weighted by molar-refractivity contribution is 7.99. The Labute approximate surface area is 134 Å². The van der Waals surface area contributed by atoms with E-state index in [0.717, 1.165) is 29.5 Å². The minimum absolute atomic E-state index is 0.142. The van der Waals surface area contributed by atoms with Gasteiger partial charge in [0.2, 0.25) is 0 Å². The summed E-state index contributed by atoms with van der Waals surface area (Å²) in [5.41, 5.74) is -0.744. The lowest BCUT2D eigenvalue weighted by Crippen LogP contribution is -2.04. The van der Waals surface area contributed by atoms with Crippen molar-refractivity contribution in [3.8, 4) is 0 Å². The van der Waals surface area contributed by atoms with Gasteiger partial charge in [0.25, 0.3) is 11.4 Å². The predicted octanol–water partition coefficient (Wildman–Crippen LogP) is 3.66. The molecule has 2 rings (SSSR count). The molecule has 0 aromatic heterocycles. The number of carboxylic acids is 1.